The molecule has 0 fully saturated rings. The van der Waals surface area contributed by atoms with E-state index in [0.29, 0.717) is 12.5 Å². The van der Waals surface area contributed by atoms with Crippen LogP contribution in [0, 0.1) is 11.7 Å². The topological polar surface area (TPSA) is 46.2 Å². The van der Waals surface area contributed by atoms with Crippen molar-refractivity contribution in [2.24, 2.45) is 5.92 Å². The van der Waals surface area contributed by atoms with Gasteiger partial charge >= 0.3 is 0 Å². The highest BCUT2D eigenvalue weighted by atomic mass is 35.5. The van der Waals surface area contributed by atoms with Crippen molar-refractivity contribution < 1.29 is 12.8 Å². The van der Waals surface area contributed by atoms with Crippen LogP contribution in [0.25, 0.3) is 0 Å². The molecule has 0 saturated carbocycles. The fourth-order valence-electron chi connectivity index (χ4n) is 1.58. The molecule has 18 heavy (non-hydrogen) atoms. The number of nitrogens with one attached hydrogen (secondary N) is 1. The molecule has 3 nitrogen and oxygen atoms in total. The molecule has 0 amide bonds. The molecule has 102 valence electrons. The molecule has 0 atom stereocenters. The molecule has 0 radical (unpaired) electrons. The Morgan fingerprint density at radius 2 is 1.94 bits per heavy atom. The molecule has 0 saturated heterocycles. The molecule has 0 spiro atoms. The lowest BCUT2D eigenvalue weighted by atomic mass is 10.0. The Balaban J connectivity index is 2.86. The molecular formula is C12H17ClFNO2S. The third-order valence-corrected chi connectivity index (χ3v) is 4.81. The molecule has 0 bridgehead atoms. The first-order valence-electron chi connectivity index (χ1n) is 5.85. The number of halogens is 2. The third kappa shape index (κ3) is 3.93. The summed E-state index contributed by atoms with van der Waals surface area (Å²) in [6.07, 6.45) is 1.80. The summed E-state index contributed by atoms with van der Waals surface area (Å²) in [5.41, 5.74) is 0. The molecule has 6 heteroatoms. The van der Waals surface area contributed by atoms with Crippen LogP contribution in [0.5, 0.6) is 0 Å². The fraction of sp³-hybridized carbons (Fsp3) is 0.500. The van der Waals surface area contributed by atoms with Gasteiger partial charge in [0.25, 0.3) is 0 Å². The number of benzene rings is 1. The van der Waals surface area contributed by atoms with Crippen LogP contribution in [0.1, 0.15) is 26.7 Å². The summed E-state index contributed by atoms with van der Waals surface area (Å²) in [4.78, 5) is -0.0866. The number of hydrogen-bond acceptors (Lipinski definition) is 2. The second-order valence-electron chi connectivity index (χ2n) is 4.11. The number of hydrogen-bond donors (Lipinski definition) is 1. The van der Waals surface area contributed by atoms with Crippen LogP contribution in [0.2, 0.25) is 5.02 Å². The lowest BCUT2D eigenvalue weighted by Gasteiger charge is -2.14. The summed E-state index contributed by atoms with van der Waals surface area (Å²) < 4.78 is 39.3. The predicted molar refractivity (Wildman–Crippen MR) is 70.7 cm³/mol. The van der Waals surface area contributed by atoms with Gasteiger partial charge in [-0.1, -0.05) is 38.3 Å². The van der Waals surface area contributed by atoms with Crippen molar-refractivity contribution in [2.75, 3.05) is 6.54 Å². The molecule has 0 aromatic heterocycles. The third-order valence-electron chi connectivity index (χ3n) is 2.90. The lowest BCUT2D eigenvalue weighted by molar-refractivity contribution is 0.479. The first-order valence-corrected chi connectivity index (χ1v) is 7.71. The predicted octanol–water partition coefficient (Wildman–Crippen LogP) is 3.19. The van der Waals surface area contributed by atoms with Gasteiger partial charge in [-0.25, -0.2) is 17.5 Å². The summed E-state index contributed by atoms with van der Waals surface area (Å²) in [6, 6.07) is 3.25. The Bertz CT molecular complexity index is 501. The molecule has 0 aliphatic rings. The molecule has 0 unspecified atom stereocenters. The van der Waals surface area contributed by atoms with E-state index in [2.05, 4.69) is 4.72 Å². The molecule has 0 heterocycles. The van der Waals surface area contributed by atoms with Gasteiger partial charge in [-0.2, -0.15) is 0 Å². The Kier molecular flexibility index (Phi) is 5.56. The van der Waals surface area contributed by atoms with Crippen LogP contribution in [0.15, 0.2) is 23.1 Å². The van der Waals surface area contributed by atoms with Gasteiger partial charge in [0.1, 0.15) is 10.7 Å². The van der Waals surface area contributed by atoms with E-state index in [9.17, 15) is 12.8 Å². The SMILES string of the molecule is CCC(CC)CNS(=O)(=O)c1ccc(F)cc1Cl. The van der Waals surface area contributed by atoms with Crippen LogP contribution in [0.3, 0.4) is 0 Å². The van der Waals surface area contributed by atoms with E-state index in [-0.39, 0.29) is 9.92 Å². The van der Waals surface area contributed by atoms with Crippen molar-refractivity contribution in [1.29, 1.82) is 0 Å². The summed E-state index contributed by atoms with van der Waals surface area (Å²) in [5.74, 6) is -0.266. The molecule has 1 N–H and O–H groups in total. The van der Waals surface area contributed by atoms with Gasteiger partial charge in [-0.15, -0.1) is 0 Å². The molecule has 1 rings (SSSR count). The first kappa shape index (κ1) is 15.4. The Morgan fingerprint density at radius 3 is 2.44 bits per heavy atom. The second kappa shape index (κ2) is 6.50. The quantitative estimate of drug-likeness (QED) is 0.875. The normalized spacial score (nSPS) is 12.1. The minimum absolute atomic E-state index is 0.0866. The van der Waals surface area contributed by atoms with Crippen molar-refractivity contribution >= 4 is 21.6 Å². The second-order valence-corrected chi connectivity index (χ2v) is 6.25. The van der Waals surface area contributed by atoms with E-state index in [1.807, 2.05) is 13.8 Å². The smallest absolute Gasteiger partial charge is 0.211 e. The van der Waals surface area contributed by atoms with E-state index >= 15 is 0 Å². The monoisotopic (exact) mass is 293 g/mol. The maximum absolute atomic E-state index is 12.9. The van der Waals surface area contributed by atoms with Crippen LogP contribution >= 0.6 is 11.6 Å². The zero-order valence-corrected chi connectivity index (χ0v) is 12.0. The Morgan fingerprint density at radius 1 is 1.33 bits per heavy atom. The van der Waals surface area contributed by atoms with E-state index in [1.165, 1.54) is 6.07 Å². The van der Waals surface area contributed by atoms with E-state index in [0.717, 1.165) is 25.0 Å². The van der Waals surface area contributed by atoms with Crippen LogP contribution in [-0.2, 0) is 10.0 Å². The molecule has 0 aliphatic carbocycles. The van der Waals surface area contributed by atoms with Gasteiger partial charge < -0.3 is 0 Å². The van der Waals surface area contributed by atoms with Crippen LogP contribution in [0.4, 0.5) is 4.39 Å². The largest absolute Gasteiger partial charge is 0.242 e. The van der Waals surface area contributed by atoms with Crippen LogP contribution < -0.4 is 4.72 Å². The zero-order chi connectivity index (χ0) is 13.8. The highest BCUT2D eigenvalue weighted by Crippen LogP contribution is 2.22. The van der Waals surface area contributed by atoms with Crippen molar-refractivity contribution in [3.63, 3.8) is 0 Å². The molecule has 1 aromatic carbocycles. The van der Waals surface area contributed by atoms with E-state index in [1.54, 1.807) is 0 Å². The molecular weight excluding hydrogens is 277 g/mol. The first-order chi connectivity index (χ1) is 8.40. The average molecular weight is 294 g/mol. The Hall–Kier alpha value is -0.650. The van der Waals surface area contributed by atoms with Crippen molar-refractivity contribution in [3.05, 3.63) is 29.0 Å². The average Bonchev–Trinajstić information content (AvgIpc) is 2.29. The highest BCUT2D eigenvalue weighted by molar-refractivity contribution is 7.89. The Labute approximate surface area is 112 Å². The van der Waals surface area contributed by atoms with Gasteiger partial charge in [-0.3, -0.25) is 0 Å². The summed E-state index contributed by atoms with van der Waals surface area (Å²) in [5, 5.41) is -0.105. The minimum Gasteiger partial charge on any atom is -0.211 e. The van der Waals surface area contributed by atoms with Crippen LogP contribution in [-0.4, -0.2) is 15.0 Å². The maximum atomic E-state index is 12.9. The van der Waals surface area contributed by atoms with Gasteiger partial charge in [-0.05, 0) is 24.1 Å². The van der Waals surface area contributed by atoms with Gasteiger partial charge in [0.2, 0.25) is 10.0 Å². The standard InChI is InChI=1S/C12H17ClFNO2S/c1-3-9(4-2)8-15-18(16,17)12-6-5-10(14)7-11(12)13/h5-7,9,15H,3-4,8H2,1-2H3. The highest BCUT2D eigenvalue weighted by Gasteiger charge is 2.19. The fourth-order valence-corrected chi connectivity index (χ4v) is 3.22. The summed E-state index contributed by atoms with van der Waals surface area (Å²) in [6.45, 7) is 4.38. The minimum atomic E-state index is -3.67. The zero-order valence-electron chi connectivity index (χ0n) is 10.4. The van der Waals surface area contributed by atoms with E-state index < -0.39 is 15.8 Å². The summed E-state index contributed by atoms with van der Waals surface area (Å²) >= 11 is 5.74. The van der Waals surface area contributed by atoms with Crippen molar-refractivity contribution in [1.82, 2.24) is 4.72 Å². The number of sulfonamides is 1. The van der Waals surface area contributed by atoms with Gasteiger partial charge in [0, 0.05) is 6.54 Å². The van der Waals surface area contributed by atoms with Crippen molar-refractivity contribution in [3.8, 4) is 0 Å². The van der Waals surface area contributed by atoms with Gasteiger partial charge in [0.15, 0.2) is 0 Å². The molecule has 0 aliphatic heterocycles. The maximum Gasteiger partial charge on any atom is 0.242 e. The van der Waals surface area contributed by atoms with Crippen molar-refractivity contribution in [2.45, 2.75) is 31.6 Å². The number of rotatable bonds is 6. The van der Waals surface area contributed by atoms with Gasteiger partial charge in [0.05, 0.1) is 5.02 Å². The molecule has 1 aromatic rings. The summed E-state index contributed by atoms with van der Waals surface area (Å²) in [7, 11) is -3.67. The van der Waals surface area contributed by atoms with E-state index in [4.69, 9.17) is 11.6 Å². The lowest BCUT2D eigenvalue weighted by Crippen LogP contribution is -2.29.